The minimum Gasteiger partial charge on any atom is -0.462 e. The van der Waals surface area contributed by atoms with Crippen LogP contribution in [0.3, 0.4) is 0 Å². The molecule has 0 atom stereocenters. The van der Waals surface area contributed by atoms with E-state index in [0.29, 0.717) is 17.1 Å². The molecule has 2 aromatic carbocycles. The van der Waals surface area contributed by atoms with Gasteiger partial charge in [0.05, 0.1) is 11.1 Å². The number of esters is 1. The number of hydrogen-bond donors (Lipinski definition) is 0. The van der Waals surface area contributed by atoms with Gasteiger partial charge in [0.1, 0.15) is 28.8 Å². The summed E-state index contributed by atoms with van der Waals surface area (Å²) in [5.41, 5.74) is 0.578. The molecule has 0 fully saturated rings. The van der Waals surface area contributed by atoms with Gasteiger partial charge in [0.15, 0.2) is 5.76 Å². The first-order valence-electron chi connectivity index (χ1n) is 8.12. The number of aryl methyl sites for hydroxylation is 1. The predicted molar refractivity (Wildman–Crippen MR) is 94.2 cm³/mol. The Morgan fingerprint density at radius 3 is 2.56 bits per heavy atom. The minimum absolute atomic E-state index is 0.126. The molecule has 1 aromatic heterocycles. The van der Waals surface area contributed by atoms with Crippen LogP contribution in [0.15, 0.2) is 64.8 Å². The molecule has 5 nitrogen and oxygen atoms in total. The molecule has 1 aliphatic rings. The van der Waals surface area contributed by atoms with Gasteiger partial charge in [-0.15, -0.1) is 0 Å². The third-order valence-corrected chi connectivity index (χ3v) is 3.97. The van der Waals surface area contributed by atoms with Gasteiger partial charge in [0.25, 0.3) is 0 Å². The van der Waals surface area contributed by atoms with E-state index in [4.69, 9.17) is 13.9 Å². The number of ether oxygens (including phenoxy) is 2. The van der Waals surface area contributed by atoms with E-state index in [2.05, 4.69) is 0 Å². The zero-order valence-corrected chi connectivity index (χ0v) is 14.2. The summed E-state index contributed by atoms with van der Waals surface area (Å²) in [6.45, 7) is 1.80. The first-order chi connectivity index (χ1) is 13.0. The van der Waals surface area contributed by atoms with Crippen LogP contribution in [-0.2, 0) is 0 Å². The van der Waals surface area contributed by atoms with Crippen molar-refractivity contribution < 1.29 is 27.9 Å². The average molecular weight is 364 g/mol. The first-order valence-corrected chi connectivity index (χ1v) is 8.12. The van der Waals surface area contributed by atoms with E-state index in [0.717, 1.165) is 5.76 Å². The summed E-state index contributed by atoms with van der Waals surface area (Å²) in [6, 6.07) is 13.0. The van der Waals surface area contributed by atoms with Gasteiger partial charge in [-0.05, 0) is 55.5 Å². The Bertz CT molecular complexity index is 1080. The van der Waals surface area contributed by atoms with Crippen LogP contribution in [0, 0.1) is 12.7 Å². The largest absolute Gasteiger partial charge is 0.462 e. The molecule has 0 bridgehead atoms. The van der Waals surface area contributed by atoms with Crippen molar-refractivity contribution in [1.82, 2.24) is 0 Å². The summed E-state index contributed by atoms with van der Waals surface area (Å²) in [5.74, 6) is 0.497. The minimum atomic E-state index is -0.638. The van der Waals surface area contributed by atoms with Gasteiger partial charge < -0.3 is 13.9 Å². The molecule has 0 N–H and O–H groups in total. The van der Waals surface area contributed by atoms with Crippen molar-refractivity contribution >= 4 is 17.8 Å². The van der Waals surface area contributed by atoms with Crippen LogP contribution in [0.4, 0.5) is 4.39 Å². The van der Waals surface area contributed by atoms with Crippen LogP contribution in [0.25, 0.3) is 6.08 Å². The van der Waals surface area contributed by atoms with E-state index in [1.54, 1.807) is 19.1 Å². The predicted octanol–water partition coefficient (Wildman–Crippen LogP) is 4.56. The van der Waals surface area contributed by atoms with Gasteiger partial charge in [0, 0.05) is 12.1 Å². The molecule has 134 valence electrons. The first kappa shape index (κ1) is 16.8. The molecule has 0 radical (unpaired) electrons. The van der Waals surface area contributed by atoms with E-state index in [9.17, 15) is 14.0 Å². The van der Waals surface area contributed by atoms with Gasteiger partial charge in [-0.1, -0.05) is 0 Å². The molecule has 0 amide bonds. The van der Waals surface area contributed by atoms with Gasteiger partial charge in [-0.25, -0.2) is 9.18 Å². The van der Waals surface area contributed by atoms with E-state index in [-0.39, 0.29) is 22.9 Å². The third-order valence-electron chi connectivity index (χ3n) is 3.97. The lowest BCUT2D eigenvalue weighted by molar-refractivity contribution is 0.0734. The highest BCUT2D eigenvalue weighted by molar-refractivity contribution is 6.14. The fourth-order valence-electron chi connectivity index (χ4n) is 2.64. The van der Waals surface area contributed by atoms with Crippen molar-refractivity contribution in [3.8, 4) is 11.5 Å². The summed E-state index contributed by atoms with van der Waals surface area (Å²) in [5, 5.41) is 0. The summed E-state index contributed by atoms with van der Waals surface area (Å²) in [4.78, 5) is 24.5. The summed E-state index contributed by atoms with van der Waals surface area (Å²) in [7, 11) is 0. The van der Waals surface area contributed by atoms with Crippen molar-refractivity contribution in [3.63, 3.8) is 0 Å². The van der Waals surface area contributed by atoms with Gasteiger partial charge >= 0.3 is 5.97 Å². The second kappa shape index (κ2) is 6.57. The van der Waals surface area contributed by atoms with Crippen LogP contribution in [0.2, 0.25) is 0 Å². The van der Waals surface area contributed by atoms with Crippen LogP contribution < -0.4 is 9.47 Å². The maximum absolute atomic E-state index is 12.9. The molecule has 0 saturated carbocycles. The van der Waals surface area contributed by atoms with Crippen molar-refractivity contribution in [1.29, 1.82) is 0 Å². The molecule has 6 heteroatoms. The Hall–Kier alpha value is -3.67. The highest BCUT2D eigenvalue weighted by atomic mass is 19.1. The lowest BCUT2D eigenvalue weighted by Gasteiger charge is -2.05. The van der Waals surface area contributed by atoms with Crippen molar-refractivity contribution in [2.24, 2.45) is 0 Å². The smallest absolute Gasteiger partial charge is 0.343 e. The number of ketones is 1. The average Bonchev–Trinajstić information content (AvgIpc) is 3.19. The molecule has 1 aliphatic heterocycles. The van der Waals surface area contributed by atoms with Gasteiger partial charge in [-0.3, -0.25) is 4.79 Å². The van der Waals surface area contributed by atoms with E-state index in [1.807, 2.05) is 0 Å². The second-order valence-corrected chi connectivity index (χ2v) is 5.94. The fraction of sp³-hybridized carbons (Fsp3) is 0.0476. The lowest BCUT2D eigenvalue weighted by Crippen LogP contribution is -2.08. The van der Waals surface area contributed by atoms with Crippen LogP contribution in [-0.4, -0.2) is 11.8 Å². The number of fused-ring (bicyclic) bond motifs is 1. The summed E-state index contributed by atoms with van der Waals surface area (Å²) < 4.78 is 29.2. The summed E-state index contributed by atoms with van der Waals surface area (Å²) in [6.07, 6.45) is 1.51. The number of rotatable bonds is 3. The van der Waals surface area contributed by atoms with Crippen molar-refractivity contribution in [2.75, 3.05) is 0 Å². The Morgan fingerprint density at radius 1 is 1.07 bits per heavy atom. The van der Waals surface area contributed by atoms with E-state index < -0.39 is 11.8 Å². The van der Waals surface area contributed by atoms with E-state index >= 15 is 0 Å². The SMILES string of the molecule is Cc1ccc(/C=C2\Oc3cc(OC(=O)c4ccc(F)cc4)ccc3C2=O)o1. The molecule has 0 aliphatic carbocycles. The number of furan rings is 1. The number of carbonyl (C=O) groups is 2. The Labute approximate surface area is 153 Å². The lowest BCUT2D eigenvalue weighted by atomic mass is 10.1. The molecule has 3 aromatic rings. The van der Waals surface area contributed by atoms with Gasteiger partial charge in [-0.2, -0.15) is 0 Å². The zero-order valence-electron chi connectivity index (χ0n) is 14.2. The normalized spacial score (nSPS) is 14.1. The van der Waals surface area contributed by atoms with Crippen molar-refractivity contribution in [3.05, 3.63) is 88.8 Å². The van der Waals surface area contributed by atoms with Crippen molar-refractivity contribution in [2.45, 2.75) is 6.92 Å². The highest BCUT2D eigenvalue weighted by Crippen LogP contribution is 2.35. The molecule has 4 rings (SSSR count). The fourth-order valence-corrected chi connectivity index (χ4v) is 2.64. The number of carbonyl (C=O) groups excluding carboxylic acids is 2. The molecule has 0 spiro atoms. The monoisotopic (exact) mass is 364 g/mol. The number of allylic oxidation sites excluding steroid dienone is 1. The van der Waals surface area contributed by atoms with Crippen LogP contribution in [0.5, 0.6) is 11.5 Å². The molecule has 0 saturated heterocycles. The Kier molecular flexibility index (Phi) is 4.08. The zero-order chi connectivity index (χ0) is 19.0. The number of halogens is 1. The maximum Gasteiger partial charge on any atom is 0.343 e. The highest BCUT2D eigenvalue weighted by Gasteiger charge is 2.28. The maximum atomic E-state index is 12.9. The number of Topliss-reactive ketones (excluding diaryl/α,β-unsaturated/α-hetero) is 1. The molecule has 27 heavy (non-hydrogen) atoms. The summed E-state index contributed by atoms with van der Waals surface area (Å²) >= 11 is 0. The molecular formula is C21H13FO5. The Morgan fingerprint density at radius 2 is 1.85 bits per heavy atom. The molecule has 0 unspecified atom stereocenters. The van der Waals surface area contributed by atoms with Crippen LogP contribution in [0.1, 0.15) is 32.2 Å². The van der Waals surface area contributed by atoms with Crippen LogP contribution >= 0.6 is 0 Å². The molecular weight excluding hydrogens is 351 g/mol. The third kappa shape index (κ3) is 3.37. The Balaban J connectivity index is 1.54. The number of hydrogen-bond acceptors (Lipinski definition) is 5. The topological polar surface area (TPSA) is 65.7 Å². The number of benzene rings is 2. The standard InChI is InChI=1S/C21H13FO5/c1-12-2-7-15(25-12)11-19-20(23)17-9-8-16(10-18(17)27-19)26-21(24)13-3-5-14(22)6-4-13/h2-11H,1H3/b19-11-. The second-order valence-electron chi connectivity index (χ2n) is 5.94. The molecule has 2 heterocycles. The van der Waals surface area contributed by atoms with E-state index in [1.165, 1.54) is 48.5 Å². The quantitative estimate of drug-likeness (QED) is 0.387. The van der Waals surface area contributed by atoms with Gasteiger partial charge in [0.2, 0.25) is 5.78 Å².